The first kappa shape index (κ1) is 20.1. The van der Waals surface area contributed by atoms with E-state index in [1.165, 1.54) is 6.92 Å². The molecule has 2 heterocycles. The Balaban J connectivity index is 1.49. The van der Waals surface area contributed by atoms with Gasteiger partial charge in [-0.05, 0) is 18.8 Å². The molecule has 8 heteroatoms. The first-order valence-corrected chi connectivity index (χ1v) is 10.2. The molecule has 0 spiro atoms. The van der Waals surface area contributed by atoms with Gasteiger partial charge in [-0.25, -0.2) is 0 Å². The van der Waals surface area contributed by atoms with Crippen LogP contribution in [0, 0.1) is 5.92 Å². The summed E-state index contributed by atoms with van der Waals surface area (Å²) in [6, 6.07) is -0.416. The van der Waals surface area contributed by atoms with Gasteiger partial charge in [-0.2, -0.15) is 0 Å². The van der Waals surface area contributed by atoms with Crippen molar-refractivity contribution in [1.82, 2.24) is 20.0 Å². The zero-order valence-corrected chi connectivity index (χ0v) is 16.3. The van der Waals surface area contributed by atoms with Crippen molar-refractivity contribution < 1.29 is 19.1 Å². The number of piperazine rings is 1. The van der Waals surface area contributed by atoms with Crippen LogP contribution in [0.4, 0.5) is 0 Å². The van der Waals surface area contributed by atoms with Crippen molar-refractivity contribution in [3.8, 4) is 0 Å². The van der Waals surface area contributed by atoms with Crippen molar-refractivity contribution in [1.29, 1.82) is 0 Å². The van der Waals surface area contributed by atoms with E-state index in [-0.39, 0.29) is 23.6 Å². The smallest absolute Gasteiger partial charge is 0.245 e. The van der Waals surface area contributed by atoms with E-state index < -0.39 is 6.04 Å². The molecule has 27 heavy (non-hydrogen) atoms. The Morgan fingerprint density at radius 2 is 1.56 bits per heavy atom. The van der Waals surface area contributed by atoms with Crippen LogP contribution in [0.25, 0.3) is 0 Å². The molecule has 0 bridgehead atoms. The largest absolute Gasteiger partial charge is 0.379 e. The molecule has 1 N–H and O–H groups in total. The Labute approximate surface area is 161 Å². The van der Waals surface area contributed by atoms with Gasteiger partial charge in [0.25, 0.3) is 0 Å². The predicted molar refractivity (Wildman–Crippen MR) is 100.0 cm³/mol. The average Bonchev–Trinajstić information content (AvgIpc) is 3.21. The Kier molecular flexibility index (Phi) is 7.07. The number of hydrogen-bond acceptors (Lipinski definition) is 5. The number of amides is 3. The van der Waals surface area contributed by atoms with Crippen LogP contribution in [-0.2, 0) is 19.1 Å². The van der Waals surface area contributed by atoms with Crippen LogP contribution in [0.1, 0.15) is 32.6 Å². The highest BCUT2D eigenvalue weighted by Crippen LogP contribution is 2.28. The zero-order chi connectivity index (χ0) is 19.2. The lowest BCUT2D eigenvalue weighted by atomic mass is 9.96. The molecular formula is C19H32N4O4. The second-order valence-corrected chi connectivity index (χ2v) is 7.82. The molecule has 1 atom stereocenters. The van der Waals surface area contributed by atoms with Crippen LogP contribution in [0.5, 0.6) is 0 Å². The van der Waals surface area contributed by atoms with Gasteiger partial charge in [0.2, 0.25) is 17.7 Å². The van der Waals surface area contributed by atoms with Crippen molar-refractivity contribution in [3.63, 3.8) is 0 Å². The van der Waals surface area contributed by atoms with Gasteiger partial charge in [0.05, 0.1) is 19.8 Å². The topological polar surface area (TPSA) is 82.2 Å². The lowest BCUT2D eigenvalue weighted by molar-refractivity contribution is -0.143. The Morgan fingerprint density at radius 3 is 2.15 bits per heavy atom. The number of hydrogen-bond donors (Lipinski definition) is 1. The van der Waals surface area contributed by atoms with E-state index in [9.17, 15) is 14.4 Å². The highest BCUT2D eigenvalue weighted by Gasteiger charge is 2.35. The number of carbonyl (C=O) groups excluding carboxylic acids is 3. The van der Waals surface area contributed by atoms with Gasteiger partial charge in [0.15, 0.2) is 0 Å². The standard InChI is InChI=1S/C19H32N4O4/c1-15(24)20-18(16-4-2-3-5-16)19(26)23-8-6-22(7-9-23)17(25)14-21-10-12-27-13-11-21/h16,18H,2-14H2,1H3,(H,20,24). The van der Waals surface area contributed by atoms with Gasteiger partial charge < -0.3 is 19.9 Å². The molecule has 1 aliphatic carbocycles. The fourth-order valence-electron chi connectivity index (χ4n) is 4.31. The molecule has 0 aromatic carbocycles. The van der Waals surface area contributed by atoms with E-state index in [0.29, 0.717) is 45.9 Å². The lowest BCUT2D eigenvalue weighted by Gasteiger charge is -2.38. The third-order valence-corrected chi connectivity index (χ3v) is 5.90. The van der Waals surface area contributed by atoms with Gasteiger partial charge in [0.1, 0.15) is 6.04 Å². The highest BCUT2D eigenvalue weighted by molar-refractivity contribution is 5.87. The van der Waals surface area contributed by atoms with E-state index in [2.05, 4.69) is 10.2 Å². The van der Waals surface area contributed by atoms with Crippen LogP contribution in [0.2, 0.25) is 0 Å². The van der Waals surface area contributed by atoms with E-state index in [1.807, 2.05) is 9.80 Å². The van der Waals surface area contributed by atoms with E-state index in [1.54, 1.807) is 0 Å². The minimum atomic E-state index is -0.416. The maximum atomic E-state index is 13.0. The first-order valence-electron chi connectivity index (χ1n) is 10.2. The van der Waals surface area contributed by atoms with Crippen LogP contribution in [-0.4, -0.2) is 97.5 Å². The van der Waals surface area contributed by atoms with Crippen LogP contribution in [0.15, 0.2) is 0 Å². The number of morpholine rings is 1. The fraction of sp³-hybridized carbons (Fsp3) is 0.842. The molecule has 1 saturated carbocycles. The minimum Gasteiger partial charge on any atom is -0.379 e. The summed E-state index contributed by atoms with van der Waals surface area (Å²) >= 11 is 0. The summed E-state index contributed by atoms with van der Waals surface area (Å²) < 4.78 is 5.32. The Hall–Kier alpha value is -1.67. The molecule has 1 unspecified atom stereocenters. The first-order chi connectivity index (χ1) is 13.0. The number of nitrogens with one attached hydrogen (secondary N) is 1. The van der Waals surface area contributed by atoms with Crippen molar-refractivity contribution in [3.05, 3.63) is 0 Å². The Bertz CT molecular complexity index is 536. The maximum absolute atomic E-state index is 13.0. The third-order valence-electron chi connectivity index (χ3n) is 5.90. The molecule has 3 amide bonds. The zero-order valence-electron chi connectivity index (χ0n) is 16.3. The molecule has 0 aromatic heterocycles. The molecule has 8 nitrogen and oxygen atoms in total. The number of carbonyl (C=O) groups is 3. The number of rotatable bonds is 5. The summed E-state index contributed by atoms with van der Waals surface area (Å²) in [4.78, 5) is 42.9. The summed E-state index contributed by atoms with van der Waals surface area (Å²) in [5, 5.41) is 2.88. The minimum absolute atomic E-state index is 0.0115. The summed E-state index contributed by atoms with van der Waals surface area (Å²) in [5.74, 6) is 0.220. The fourth-order valence-corrected chi connectivity index (χ4v) is 4.31. The normalized spacial score (nSPS) is 23.3. The number of ether oxygens (including phenoxy) is 1. The van der Waals surface area contributed by atoms with E-state index in [0.717, 1.165) is 38.8 Å². The highest BCUT2D eigenvalue weighted by atomic mass is 16.5. The summed E-state index contributed by atoms with van der Waals surface area (Å²) in [6.45, 7) is 7.05. The molecule has 3 aliphatic rings. The monoisotopic (exact) mass is 380 g/mol. The molecule has 152 valence electrons. The molecule has 3 rings (SSSR count). The molecule has 2 aliphatic heterocycles. The maximum Gasteiger partial charge on any atom is 0.245 e. The second kappa shape index (κ2) is 9.50. The van der Waals surface area contributed by atoms with Crippen molar-refractivity contribution >= 4 is 17.7 Å². The average molecular weight is 380 g/mol. The Morgan fingerprint density at radius 1 is 0.963 bits per heavy atom. The van der Waals surface area contributed by atoms with Crippen molar-refractivity contribution in [2.45, 2.75) is 38.6 Å². The molecule has 3 fully saturated rings. The third kappa shape index (κ3) is 5.42. The summed E-state index contributed by atoms with van der Waals surface area (Å²) in [6.07, 6.45) is 4.24. The summed E-state index contributed by atoms with van der Waals surface area (Å²) in [5.41, 5.74) is 0. The van der Waals surface area contributed by atoms with Crippen molar-refractivity contribution in [2.24, 2.45) is 5.92 Å². The summed E-state index contributed by atoms with van der Waals surface area (Å²) in [7, 11) is 0. The van der Waals surface area contributed by atoms with E-state index >= 15 is 0 Å². The van der Waals surface area contributed by atoms with Gasteiger partial charge in [-0.1, -0.05) is 12.8 Å². The second-order valence-electron chi connectivity index (χ2n) is 7.82. The van der Waals surface area contributed by atoms with Gasteiger partial charge in [0, 0.05) is 46.2 Å². The van der Waals surface area contributed by atoms with Gasteiger partial charge in [-0.15, -0.1) is 0 Å². The van der Waals surface area contributed by atoms with Crippen LogP contribution < -0.4 is 5.32 Å². The van der Waals surface area contributed by atoms with Crippen molar-refractivity contribution in [2.75, 3.05) is 59.0 Å². The quantitative estimate of drug-likeness (QED) is 0.707. The lowest BCUT2D eigenvalue weighted by Crippen LogP contribution is -2.58. The van der Waals surface area contributed by atoms with E-state index in [4.69, 9.17) is 4.74 Å². The van der Waals surface area contributed by atoms with Gasteiger partial charge in [-0.3, -0.25) is 19.3 Å². The molecular weight excluding hydrogens is 348 g/mol. The number of nitrogens with zero attached hydrogens (tertiary/aromatic N) is 3. The van der Waals surface area contributed by atoms with Crippen LogP contribution in [0.3, 0.4) is 0 Å². The van der Waals surface area contributed by atoms with Crippen LogP contribution >= 0.6 is 0 Å². The molecule has 0 radical (unpaired) electrons. The SMILES string of the molecule is CC(=O)NC(C(=O)N1CCN(C(=O)CN2CCOCC2)CC1)C1CCCC1. The molecule has 0 aromatic rings. The molecule has 2 saturated heterocycles. The predicted octanol–water partition coefficient (Wildman–Crippen LogP) is -0.316. The van der Waals surface area contributed by atoms with Gasteiger partial charge >= 0.3 is 0 Å².